The van der Waals surface area contributed by atoms with Gasteiger partial charge >= 0.3 is 5.69 Å². The summed E-state index contributed by atoms with van der Waals surface area (Å²) in [6, 6.07) is 5.13. The van der Waals surface area contributed by atoms with E-state index in [1.165, 1.54) is 30.0 Å². The highest BCUT2D eigenvalue weighted by Gasteiger charge is 2.43. The average Bonchev–Trinajstić information content (AvgIpc) is 3.36. The zero-order valence-corrected chi connectivity index (χ0v) is 21.4. The standard InChI is InChI=1S/C25H21ClF2N4O2S2/c1-2-20(33)30-5-6-31(19-12-35-11-18(19)30)24-15-10-16(26)21(14-4-3-13(27)9-17(14)28)23-22(15)32(7-8-36-23)25(34)29-24/h2-4,9-10,18-19H,1,5-8,11-12H2. The van der Waals surface area contributed by atoms with Crippen LogP contribution in [0.4, 0.5) is 14.6 Å². The Morgan fingerprint density at radius 3 is 2.75 bits per heavy atom. The molecule has 2 aromatic carbocycles. The van der Waals surface area contributed by atoms with Gasteiger partial charge in [0.2, 0.25) is 5.91 Å². The predicted molar refractivity (Wildman–Crippen MR) is 141 cm³/mol. The number of amides is 1. The van der Waals surface area contributed by atoms with Crippen LogP contribution in [-0.2, 0) is 11.3 Å². The third-order valence-electron chi connectivity index (χ3n) is 7.05. The summed E-state index contributed by atoms with van der Waals surface area (Å²) in [5.41, 5.74) is 0.927. The molecular formula is C25H21ClF2N4O2S2. The molecule has 3 aliphatic heterocycles. The number of aryl methyl sites for hydroxylation is 1. The Kier molecular flexibility index (Phi) is 6.00. The Morgan fingerprint density at radius 2 is 1.97 bits per heavy atom. The molecule has 4 heterocycles. The third kappa shape index (κ3) is 3.64. The number of hydrogen-bond acceptors (Lipinski definition) is 6. The number of aromatic nitrogens is 2. The molecule has 0 bridgehead atoms. The minimum Gasteiger partial charge on any atom is -0.348 e. The Labute approximate surface area is 219 Å². The van der Waals surface area contributed by atoms with Crippen LogP contribution in [0.15, 0.2) is 46.6 Å². The molecule has 1 aromatic heterocycles. The number of benzene rings is 2. The maximum Gasteiger partial charge on any atom is 0.350 e. The van der Waals surface area contributed by atoms with Crippen LogP contribution in [0, 0.1) is 11.6 Å². The summed E-state index contributed by atoms with van der Waals surface area (Å²) in [5.74, 6) is 1.25. The Hall–Kier alpha value is -2.56. The van der Waals surface area contributed by atoms with Gasteiger partial charge in [0.15, 0.2) is 0 Å². The molecule has 0 spiro atoms. The van der Waals surface area contributed by atoms with Crippen molar-refractivity contribution in [2.75, 3.05) is 35.2 Å². The summed E-state index contributed by atoms with van der Waals surface area (Å²) in [7, 11) is 0. The molecule has 2 unspecified atom stereocenters. The Morgan fingerprint density at radius 1 is 1.17 bits per heavy atom. The average molecular weight is 547 g/mol. The number of fused-ring (bicyclic) bond motifs is 1. The lowest BCUT2D eigenvalue weighted by Gasteiger charge is -2.45. The van der Waals surface area contributed by atoms with Gasteiger partial charge in [0, 0.05) is 64.4 Å². The van der Waals surface area contributed by atoms with Crippen LogP contribution in [0.5, 0.6) is 0 Å². The number of carbonyl (C=O) groups is 1. The van der Waals surface area contributed by atoms with Crippen LogP contribution >= 0.6 is 35.1 Å². The van der Waals surface area contributed by atoms with Gasteiger partial charge in [-0.3, -0.25) is 9.36 Å². The lowest BCUT2D eigenvalue weighted by Crippen LogP contribution is -2.61. The molecule has 11 heteroatoms. The molecule has 6 nitrogen and oxygen atoms in total. The highest BCUT2D eigenvalue weighted by Crippen LogP contribution is 2.47. The predicted octanol–water partition coefficient (Wildman–Crippen LogP) is 4.42. The zero-order valence-electron chi connectivity index (χ0n) is 19.0. The molecule has 2 fully saturated rings. The number of halogens is 3. The van der Waals surface area contributed by atoms with Gasteiger partial charge in [0.1, 0.15) is 17.5 Å². The normalized spacial score (nSPS) is 21.1. The van der Waals surface area contributed by atoms with E-state index in [1.807, 2.05) is 4.90 Å². The van der Waals surface area contributed by atoms with Gasteiger partial charge in [-0.2, -0.15) is 16.7 Å². The smallest absolute Gasteiger partial charge is 0.348 e. The fourth-order valence-corrected chi connectivity index (χ4v) is 8.42. The second-order valence-corrected chi connectivity index (χ2v) is 11.5. The number of nitrogens with zero attached hydrogens (tertiary/aromatic N) is 4. The topological polar surface area (TPSA) is 58.4 Å². The third-order valence-corrected chi connectivity index (χ3v) is 9.57. The number of rotatable bonds is 3. The summed E-state index contributed by atoms with van der Waals surface area (Å²) < 4.78 is 30.1. The van der Waals surface area contributed by atoms with E-state index in [4.69, 9.17) is 11.6 Å². The van der Waals surface area contributed by atoms with Gasteiger partial charge in [-0.15, -0.1) is 11.8 Å². The molecule has 186 valence electrons. The van der Waals surface area contributed by atoms with E-state index < -0.39 is 11.6 Å². The van der Waals surface area contributed by atoms with Crippen LogP contribution in [0.3, 0.4) is 0 Å². The zero-order chi connectivity index (χ0) is 25.1. The monoisotopic (exact) mass is 546 g/mol. The van der Waals surface area contributed by atoms with E-state index in [0.29, 0.717) is 57.6 Å². The van der Waals surface area contributed by atoms with Gasteiger partial charge in [0.25, 0.3) is 0 Å². The lowest BCUT2D eigenvalue weighted by molar-refractivity contribution is -0.128. The van der Waals surface area contributed by atoms with E-state index in [0.717, 1.165) is 17.6 Å². The van der Waals surface area contributed by atoms with Crippen molar-refractivity contribution in [2.24, 2.45) is 0 Å². The largest absolute Gasteiger partial charge is 0.350 e. The fraction of sp³-hybridized carbons (Fsp3) is 0.320. The Balaban J connectivity index is 1.56. The molecule has 0 N–H and O–H groups in total. The second kappa shape index (κ2) is 9.08. The molecule has 2 atom stereocenters. The van der Waals surface area contributed by atoms with Crippen molar-refractivity contribution in [3.8, 4) is 11.1 Å². The molecule has 0 radical (unpaired) electrons. The summed E-state index contributed by atoms with van der Waals surface area (Å²) >= 11 is 10.0. The van der Waals surface area contributed by atoms with Crippen molar-refractivity contribution < 1.29 is 13.6 Å². The molecular weight excluding hydrogens is 526 g/mol. The summed E-state index contributed by atoms with van der Waals surface area (Å²) in [5, 5.41) is 1.02. The van der Waals surface area contributed by atoms with Crippen molar-refractivity contribution in [3.63, 3.8) is 0 Å². The summed E-state index contributed by atoms with van der Waals surface area (Å²) in [4.78, 5) is 34.9. The number of thioether (sulfide) groups is 2. The van der Waals surface area contributed by atoms with Crippen molar-refractivity contribution in [2.45, 2.75) is 23.5 Å². The summed E-state index contributed by atoms with van der Waals surface area (Å²) in [6.07, 6.45) is 1.34. The van der Waals surface area contributed by atoms with Gasteiger partial charge in [-0.05, 0) is 24.3 Å². The van der Waals surface area contributed by atoms with Crippen molar-refractivity contribution in [3.05, 3.63) is 64.1 Å². The first-order chi connectivity index (χ1) is 17.4. The van der Waals surface area contributed by atoms with E-state index in [1.54, 1.807) is 22.4 Å². The van der Waals surface area contributed by atoms with Crippen LogP contribution in [0.25, 0.3) is 22.0 Å². The lowest BCUT2D eigenvalue weighted by atomic mass is 10.0. The quantitative estimate of drug-likeness (QED) is 0.453. The van der Waals surface area contributed by atoms with Gasteiger partial charge < -0.3 is 9.80 Å². The van der Waals surface area contributed by atoms with Crippen LogP contribution in [0.2, 0.25) is 5.02 Å². The second-order valence-electron chi connectivity index (χ2n) is 8.90. The molecule has 36 heavy (non-hydrogen) atoms. The van der Waals surface area contributed by atoms with Crippen LogP contribution in [-0.4, -0.2) is 62.8 Å². The highest BCUT2D eigenvalue weighted by atomic mass is 35.5. The maximum atomic E-state index is 14.8. The Bertz CT molecular complexity index is 1500. The van der Waals surface area contributed by atoms with E-state index in [2.05, 4.69) is 16.5 Å². The van der Waals surface area contributed by atoms with E-state index in [9.17, 15) is 18.4 Å². The molecule has 6 rings (SSSR count). The molecule has 1 amide bonds. The van der Waals surface area contributed by atoms with E-state index in [-0.39, 0.29) is 29.2 Å². The van der Waals surface area contributed by atoms with Gasteiger partial charge in [-0.1, -0.05) is 18.2 Å². The maximum absolute atomic E-state index is 14.8. The minimum atomic E-state index is -0.712. The van der Waals surface area contributed by atoms with Gasteiger partial charge in [0.05, 0.1) is 22.6 Å². The molecule has 3 aromatic rings. The minimum absolute atomic E-state index is 0.00867. The van der Waals surface area contributed by atoms with Crippen molar-refractivity contribution in [1.29, 1.82) is 0 Å². The van der Waals surface area contributed by atoms with Crippen molar-refractivity contribution >= 4 is 57.8 Å². The number of carbonyl (C=O) groups excluding carboxylic acids is 1. The number of piperazine rings is 1. The fourth-order valence-electron chi connectivity index (χ4n) is 5.44. The number of anilines is 1. The van der Waals surface area contributed by atoms with Crippen molar-refractivity contribution in [1.82, 2.24) is 14.5 Å². The molecule has 0 aliphatic carbocycles. The molecule has 2 saturated heterocycles. The first-order valence-corrected chi connectivity index (χ1v) is 14.0. The van der Waals surface area contributed by atoms with Crippen LogP contribution in [0.1, 0.15) is 0 Å². The van der Waals surface area contributed by atoms with E-state index >= 15 is 0 Å². The van der Waals surface area contributed by atoms with Gasteiger partial charge in [-0.25, -0.2) is 13.6 Å². The SMILES string of the molecule is C=CC(=O)N1CCN(c2nc(=O)n3c4c(c(-c5ccc(F)cc5F)c(Cl)cc24)SCC3)C2CSCC21. The first kappa shape index (κ1) is 23.8. The first-order valence-electron chi connectivity index (χ1n) is 11.5. The number of hydrogen-bond donors (Lipinski definition) is 0. The van der Waals surface area contributed by atoms with Crippen LogP contribution < -0.4 is 10.6 Å². The highest BCUT2D eigenvalue weighted by molar-refractivity contribution is 7.99. The molecule has 3 aliphatic rings. The molecule has 0 saturated carbocycles. The summed E-state index contributed by atoms with van der Waals surface area (Å²) in [6.45, 7) is 5.11.